The largest absolute Gasteiger partial charge is 0.495 e. The van der Waals surface area contributed by atoms with Crippen LogP contribution < -0.4 is 14.8 Å². The first-order chi connectivity index (χ1) is 13.6. The number of hydrogen-bond acceptors (Lipinski definition) is 5. The van der Waals surface area contributed by atoms with E-state index < -0.39 is 0 Å². The summed E-state index contributed by atoms with van der Waals surface area (Å²) in [6.45, 7) is 4.90. The van der Waals surface area contributed by atoms with E-state index in [0.717, 1.165) is 32.7 Å². The Morgan fingerprint density at radius 2 is 1.64 bits per heavy atom. The number of piperazine rings is 1. The fourth-order valence-corrected chi connectivity index (χ4v) is 3.53. The fourth-order valence-electron chi connectivity index (χ4n) is 3.30. The topological polar surface area (TPSA) is 54.0 Å². The van der Waals surface area contributed by atoms with E-state index in [1.54, 1.807) is 19.2 Å². The maximum Gasteiger partial charge on any atom is 0.238 e. The van der Waals surface area contributed by atoms with Gasteiger partial charge in [-0.05, 0) is 5.56 Å². The second kappa shape index (κ2) is 9.78. The van der Waals surface area contributed by atoms with Gasteiger partial charge in [0.25, 0.3) is 0 Å². The molecule has 2 aromatic rings. The van der Waals surface area contributed by atoms with Gasteiger partial charge < -0.3 is 14.8 Å². The molecule has 1 fully saturated rings. The van der Waals surface area contributed by atoms with E-state index in [2.05, 4.69) is 39.4 Å². The highest BCUT2D eigenvalue weighted by Crippen LogP contribution is 2.35. The van der Waals surface area contributed by atoms with Crippen molar-refractivity contribution in [1.82, 2.24) is 9.80 Å². The molecule has 3 rings (SSSR count). The predicted molar refractivity (Wildman–Crippen MR) is 111 cm³/mol. The van der Waals surface area contributed by atoms with Crippen molar-refractivity contribution in [3.05, 3.63) is 53.1 Å². The Morgan fingerprint density at radius 3 is 2.29 bits per heavy atom. The molecule has 0 spiro atoms. The van der Waals surface area contributed by atoms with Crippen LogP contribution in [0.2, 0.25) is 5.02 Å². The van der Waals surface area contributed by atoms with Gasteiger partial charge in [0.1, 0.15) is 11.5 Å². The molecule has 150 valence electrons. The maximum absolute atomic E-state index is 12.5. The van der Waals surface area contributed by atoms with Gasteiger partial charge >= 0.3 is 0 Å². The third-order valence-electron chi connectivity index (χ3n) is 4.83. The average Bonchev–Trinajstić information content (AvgIpc) is 2.71. The molecule has 0 radical (unpaired) electrons. The van der Waals surface area contributed by atoms with Crippen molar-refractivity contribution in [3.63, 3.8) is 0 Å². The number of benzene rings is 2. The molecule has 0 bridgehead atoms. The quantitative estimate of drug-likeness (QED) is 0.769. The summed E-state index contributed by atoms with van der Waals surface area (Å²) in [6, 6.07) is 13.8. The molecule has 28 heavy (non-hydrogen) atoms. The third-order valence-corrected chi connectivity index (χ3v) is 5.12. The van der Waals surface area contributed by atoms with Gasteiger partial charge in [-0.25, -0.2) is 0 Å². The van der Waals surface area contributed by atoms with E-state index in [4.69, 9.17) is 21.1 Å². The van der Waals surface area contributed by atoms with Crippen molar-refractivity contribution in [3.8, 4) is 11.5 Å². The van der Waals surface area contributed by atoms with Crippen molar-refractivity contribution in [2.45, 2.75) is 6.54 Å². The standard InChI is InChI=1S/C21H26ClN3O3/c1-27-19-13-18(20(28-2)12-17(19)22)23-21(26)15-25-10-8-24(9-11-25)14-16-6-4-3-5-7-16/h3-7,12-13H,8-11,14-15H2,1-2H3,(H,23,26). The van der Waals surface area contributed by atoms with Crippen LogP contribution in [0.25, 0.3) is 0 Å². The minimum Gasteiger partial charge on any atom is -0.495 e. The van der Waals surface area contributed by atoms with Crippen molar-refractivity contribution >= 4 is 23.2 Å². The Hall–Kier alpha value is -2.28. The zero-order valence-electron chi connectivity index (χ0n) is 16.3. The van der Waals surface area contributed by atoms with Crippen LogP contribution in [0.5, 0.6) is 11.5 Å². The van der Waals surface area contributed by atoms with Gasteiger partial charge in [-0.2, -0.15) is 0 Å². The number of nitrogens with zero attached hydrogens (tertiary/aromatic N) is 2. The summed E-state index contributed by atoms with van der Waals surface area (Å²) in [4.78, 5) is 17.1. The van der Waals surface area contributed by atoms with Crippen LogP contribution in [-0.2, 0) is 11.3 Å². The van der Waals surface area contributed by atoms with Crippen molar-refractivity contribution in [2.75, 3.05) is 52.3 Å². The lowest BCUT2D eigenvalue weighted by atomic mass is 10.2. The van der Waals surface area contributed by atoms with Crippen LogP contribution in [0.3, 0.4) is 0 Å². The summed E-state index contributed by atoms with van der Waals surface area (Å²) in [6.07, 6.45) is 0. The summed E-state index contributed by atoms with van der Waals surface area (Å²) >= 11 is 6.11. The molecule has 6 nitrogen and oxygen atoms in total. The van der Waals surface area contributed by atoms with Crippen LogP contribution in [0.4, 0.5) is 5.69 Å². The van der Waals surface area contributed by atoms with E-state index in [-0.39, 0.29) is 5.91 Å². The van der Waals surface area contributed by atoms with Crippen LogP contribution in [0, 0.1) is 0 Å². The minimum atomic E-state index is -0.0841. The Labute approximate surface area is 171 Å². The van der Waals surface area contributed by atoms with Gasteiger partial charge in [-0.3, -0.25) is 14.6 Å². The molecule has 1 aliphatic rings. The minimum absolute atomic E-state index is 0.0841. The highest BCUT2D eigenvalue weighted by atomic mass is 35.5. The number of methoxy groups -OCH3 is 2. The van der Waals surface area contributed by atoms with Gasteiger partial charge in [-0.15, -0.1) is 0 Å². The summed E-state index contributed by atoms with van der Waals surface area (Å²) in [7, 11) is 3.08. The van der Waals surface area contributed by atoms with E-state index >= 15 is 0 Å². The highest BCUT2D eigenvalue weighted by molar-refractivity contribution is 6.32. The Balaban J connectivity index is 1.51. The number of anilines is 1. The maximum atomic E-state index is 12.5. The number of nitrogens with one attached hydrogen (secondary N) is 1. The predicted octanol–water partition coefficient (Wildman–Crippen LogP) is 3.11. The number of hydrogen-bond donors (Lipinski definition) is 1. The number of halogens is 1. The molecule has 7 heteroatoms. The van der Waals surface area contributed by atoms with E-state index in [1.165, 1.54) is 12.7 Å². The molecule has 0 aromatic heterocycles. The smallest absolute Gasteiger partial charge is 0.238 e. The van der Waals surface area contributed by atoms with E-state index in [9.17, 15) is 4.79 Å². The van der Waals surface area contributed by atoms with Gasteiger partial charge in [0, 0.05) is 44.9 Å². The van der Waals surface area contributed by atoms with Crippen molar-refractivity contribution in [2.24, 2.45) is 0 Å². The molecule has 1 heterocycles. The number of carbonyl (C=O) groups excluding carboxylic acids is 1. The van der Waals surface area contributed by atoms with Gasteiger partial charge in [0.15, 0.2) is 0 Å². The second-order valence-corrected chi connectivity index (χ2v) is 7.18. The number of amides is 1. The lowest BCUT2D eigenvalue weighted by Gasteiger charge is -2.34. The zero-order valence-corrected chi connectivity index (χ0v) is 17.0. The normalized spacial score (nSPS) is 15.2. The van der Waals surface area contributed by atoms with Gasteiger partial charge in [0.2, 0.25) is 5.91 Å². The fraction of sp³-hybridized carbons (Fsp3) is 0.381. The van der Waals surface area contributed by atoms with Crippen LogP contribution >= 0.6 is 11.6 Å². The lowest BCUT2D eigenvalue weighted by molar-refractivity contribution is -0.117. The van der Waals surface area contributed by atoms with Crippen LogP contribution in [-0.4, -0.2) is 62.7 Å². The molecule has 1 saturated heterocycles. The number of ether oxygens (including phenoxy) is 2. The monoisotopic (exact) mass is 403 g/mol. The van der Waals surface area contributed by atoms with E-state index in [1.807, 2.05) is 6.07 Å². The first kappa shape index (κ1) is 20.5. The average molecular weight is 404 g/mol. The molecule has 1 amide bonds. The van der Waals surface area contributed by atoms with Crippen molar-refractivity contribution in [1.29, 1.82) is 0 Å². The SMILES string of the molecule is COc1cc(NC(=O)CN2CCN(Cc3ccccc3)CC2)c(OC)cc1Cl. The second-order valence-electron chi connectivity index (χ2n) is 6.77. The molecular weight excluding hydrogens is 378 g/mol. The molecule has 0 saturated carbocycles. The molecule has 1 aliphatic heterocycles. The summed E-state index contributed by atoms with van der Waals surface area (Å²) < 4.78 is 10.5. The zero-order chi connectivity index (χ0) is 19.9. The molecule has 0 atom stereocenters. The Morgan fingerprint density at radius 1 is 1.00 bits per heavy atom. The summed E-state index contributed by atoms with van der Waals surface area (Å²) in [5.41, 5.74) is 1.87. The van der Waals surface area contributed by atoms with Gasteiger partial charge in [0.05, 0.1) is 31.5 Å². The summed E-state index contributed by atoms with van der Waals surface area (Å²) in [5, 5.41) is 3.34. The number of rotatable bonds is 7. The van der Waals surface area contributed by atoms with Crippen LogP contribution in [0.1, 0.15) is 5.56 Å². The molecule has 0 aliphatic carbocycles. The first-order valence-corrected chi connectivity index (χ1v) is 9.67. The lowest BCUT2D eigenvalue weighted by Crippen LogP contribution is -2.48. The number of carbonyl (C=O) groups is 1. The van der Waals surface area contributed by atoms with Gasteiger partial charge in [-0.1, -0.05) is 41.9 Å². The van der Waals surface area contributed by atoms with Crippen molar-refractivity contribution < 1.29 is 14.3 Å². The molecular formula is C21H26ClN3O3. The Kier molecular flexibility index (Phi) is 7.14. The third kappa shape index (κ3) is 5.38. The molecule has 2 aromatic carbocycles. The molecule has 1 N–H and O–H groups in total. The Bertz CT molecular complexity index is 793. The molecule has 0 unspecified atom stereocenters. The first-order valence-electron chi connectivity index (χ1n) is 9.29. The van der Waals surface area contributed by atoms with Crippen LogP contribution in [0.15, 0.2) is 42.5 Å². The van der Waals surface area contributed by atoms with E-state index in [0.29, 0.717) is 28.8 Å². The highest BCUT2D eigenvalue weighted by Gasteiger charge is 2.20. The summed E-state index contributed by atoms with van der Waals surface area (Å²) in [5.74, 6) is 0.915.